The zero-order valence-electron chi connectivity index (χ0n) is 11.2. The topological polar surface area (TPSA) is 61.5 Å². The summed E-state index contributed by atoms with van der Waals surface area (Å²) in [4.78, 5) is 11.7. The third-order valence-corrected chi connectivity index (χ3v) is 2.86. The number of benzene rings is 2. The van der Waals surface area contributed by atoms with Crippen molar-refractivity contribution in [3.05, 3.63) is 59.2 Å². The molecule has 2 N–H and O–H groups in total. The van der Waals surface area contributed by atoms with Crippen molar-refractivity contribution in [1.29, 1.82) is 0 Å². The molecule has 0 aliphatic heterocycles. The molecule has 6 heteroatoms. The predicted molar refractivity (Wildman–Crippen MR) is 72.9 cm³/mol. The van der Waals surface area contributed by atoms with Crippen molar-refractivity contribution in [2.45, 2.75) is 6.61 Å². The molecule has 4 nitrogen and oxygen atoms in total. The molecule has 0 atom stereocenters. The van der Waals surface area contributed by atoms with E-state index < -0.39 is 17.6 Å². The van der Waals surface area contributed by atoms with Gasteiger partial charge in [-0.2, -0.15) is 0 Å². The van der Waals surface area contributed by atoms with E-state index in [4.69, 9.17) is 15.2 Å². The van der Waals surface area contributed by atoms with E-state index in [0.717, 1.165) is 6.07 Å². The first-order valence-electron chi connectivity index (χ1n) is 6.06. The van der Waals surface area contributed by atoms with Gasteiger partial charge in [0.1, 0.15) is 24.0 Å². The van der Waals surface area contributed by atoms with Crippen LogP contribution in [0.1, 0.15) is 15.9 Å². The highest BCUT2D eigenvalue weighted by atomic mass is 19.1. The monoisotopic (exact) mass is 293 g/mol. The highest BCUT2D eigenvalue weighted by molar-refractivity contribution is 5.89. The predicted octanol–water partition coefficient (Wildman–Crippen LogP) is 2.91. The van der Waals surface area contributed by atoms with Crippen molar-refractivity contribution in [2.24, 2.45) is 0 Å². The number of anilines is 1. The summed E-state index contributed by atoms with van der Waals surface area (Å²) in [7, 11) is 1.42. The van der Waals surface area contributed by atoms with Gasteiger partial charge in [0.25, 0.3) is 0 Å². The summed E-state index contributed by atoms with van der Waals surface area (Å²) in [5, 5.41) is 0. The molecule has 0 radical (unpaired) electrons. The maximum atomic E-state index is 13.7. The van der Waals surface area contributed by atoms with Gasteiger partial charge in [-0.15, -0.1) is 0 Å². The van der Waals surface area contributed by atoms with Crippen LogP contribution in [0.15, 0.2) is 36.4 Å². The van der Waals surface area contributed by atoms with Crippen LogP contribution in [-0.4, -0.2) is 13.1 Å². The molecule has 2 aromatic carbocycles. The summed E-state index contributed by atoms with van der Waals surface area (Å²) in [6.45, 7) is -0.263. The summed E-state index contributed by atoms with van der Waals surface area (Å²) in [6.07, 6.45) is 0. The summed E-state index contributed by atoms with van der Waals surface area (Å²) < 4.78 is 36.7. The van der Waals surface area contributed by atoms with Crippen LogP contribution in [0.3, 0.4) is 0 Å². The average molecular weight is 293 g/mol. The minimum Gasteiger partial charge on any atom is -0.497 e. The molecule has 0 amide bonds. The standard InChI is InChI=1S/C15H13F2NO3/c1-20-11-4-2-10(12(16)7-11)8-21-15(19)9-3-5-14(18)13(17)6-9/h2-7H,8,18H2,1H3. The molecule has 0 unspecified atom stereocenters. The quantitative estimate of drug-likeness (QED) is 0.695. The van der Waals surface area contributed by atoms with Crippen LogP contribution in [0, 0.1) is 11.6 Å². The van der Waals surface area contributed by atoms with Gasteiger partial charge in [0.05, 0.1) is 18.4 Å². The van der Waals surface area contributed by atoms with Crippen molar-refractivity contribution in [1.82, 2.24) is 0 Å². The number of ether oxygens (including phenoxy) is 2. The molecule has 0 saturated carbocycles. The Kier molecular flexibility index (Phi) is 4.37. The molecule has 0 bridgehead atoms. The van der Waals surface area contributed by atoms with Crippen LogP contribution in [0.4, 0.5) is 14.5 Å². The van der Waals surface area contributed by atoms with E-state index in [1.807, 2.05) is 0 Å². The number of nitrogens with two attached hydrogens (primary N) is 1. The third kappa shape index (κ3) is 3.47. The van der Waals surface area contributed by atoms with Gasteiger partial charge in [0.2, 0.25) is 0 Å². The number of hydrogen-bond donors (Lipinski definition) is 1. The fourth-order valence-corrected chi connectivity index (χ4v) is 1.65. The van der Waals surface area contributed by atoms with E-state index >= 15 is 0 Å². The van der Waals surface area contributed by atoms with Crippen molar-refractivity contribution >= 4 is 11.7 Å². The van der Waals surface area contributed by atoms with Crippen molar-refractivity contribution in [2.75, 3.05) is 12.8 Å². The zero-order valence-corrected chi connectivity index (χ0v) is 11.2. The van der Waals surface area contributed by atoms with E-state index in [1.165, 1.54) is 31.4 Å². The van der Waals surface area contributed by atoms with Crippen LogP contribution < -0.4 is 10.5 Å². The SMILES string of the molecule is COc1ccc(COC(=O)c2ccc(N)c(F)c2)c(F)c1. The van der Waals surface area contributed by atoms with Gasteiger partial charge in [-0.1, -0.05) is 0 Å². The van der Waals surface area contributed by atoms with Crippen LogP contribution in [0.2, 0.25) is 0 Å². The Balaban J connectivity index is 2.05. The van der Waals surface area contributed by atoms with E-state index in [1.54, 1.807) is 6.07 Å². The number of halogens is 2. The molecule has 2 aromatic rings. The molecule has 2 rings (SSSR count). The summed E-state index contributed by atoms with van der Waals surface area (Å²) in [5.41, 5.74) is 5.45. The number of nitrogen functional groups attached to an aromatic ring is 1. The van der Waals surface area contributed by atoms with Crippen LogP contribution in [0.5, 0.6) is 5.75 Å². The average Bonchev–Trinajstić information content (AvgIpc) is 2.48. The second-order valence-corrected chi connectivity index (χ2v) is 4.27. The smallest absolute Gasteiger partial charge is 0.338 e. The molecule has 110 valence electrons. The molecular weight excluding hydrogens is 280 g/mol. The molecule has 0 saturated heterocycles. The first-order chi connectivity index (χ1) is 10.0. The molecule has 0 spiro atoms. The number of rotatable bonds is 4. The van der Waals surface area contributed by atoms with Gasteiger partial charge >= 0.3 is 5.97 Å². The number of carbonyl (C=O) groups is 1. The molecular formula is C15H13F2NO3. The summed E-state index contributed by atoms with van der Waals surface area (Å²) >= 11 is 0. The van der Waals surface area contributed by atoms with Crippen LogP contribution in [0.25, 0.3) is 0 Å². The fraction of sp³-hybridized carbons (Fsp3) is 0.133. The lowest BCUT2D eigenvalue weighted by molar-refractivity contribution is 0.0468. The van der Waals surface area contributed by atoms with Crippen LogP contribution >= 0.6 is 0 Å². The molecule has 0 aliphatic rings. The number of methoxy groups -OCH3 is 1. The molecule has 0 fully saturated rings. The van der Waals surface area contributed by atoms with E-state index in [-0.39, 0.29) is 23.4 Å². The Morgan fingerprint density at radius 2 is 1.90 bits per heavy atom. The van der Waals surface area contributed by atoms with Crippen molar-refractivity contribution < 1.29 is 23.0 Å². The minimum atomic E-state index is -0.760. The highest BCUT2D eigenvalue weighted by Gasteiger charge is 2.12. The lowest BCUT2D eigenvalue weighted by atomic mass is 10.2. The van der Waals surface area contributed by atoms with Gasteiger partial charge in [-0.3, -0.25) is 0 Å². The van der Waals surface area contributed by atoms with Gasteiger partial charge < -0.3 is 15.2 Å². The minimum absolute atomic E-state index is 0.00983. The highest BCUT2D eigenvalue weighted by Crippen LogP contribution is 2.18. The summed E-state index contributed by atoms with van der Waals surface area (Å²) in [5.74, 6) is -1.65. The molecule has 0 aromatic heterocycles. The number of esters is 1. The zero-order chi connectivity index (χ0) is 15.4. The van der Waals surface area contributed by atoms with E-state index in [9.17, 15) is 13.6 Å². The Labute approximate surface area is 120 Å². The Morgan fingerprint density at radius 3 is 2.52 bits per heavy atom. The third-order valence-electron chi connectivity index (χ3n) is 2.86. The van der Waals surface area contributed by atoms with E-state index in [2.05, 4.69) is 0 Å². The largest absolute Gasteiger partial charge is 0.497 e. The molecule has 21 heavy (non-hydrogen) atoms. The second kappa shape index (κ2) is 6.21. The molecule has 0 heterocycles. The van der Waals surface area contributed by atoms with Crippen molar-refractivity contribution in [3.8, 4) is 5.75 Å². The van der Waals surface area contributed by atoms with Crippen molar-refractivity contribution in [3.63, 3.8) is 0 Å². The lowest BCUT2D eigenvalue weighted by Gasteiger charge is -2.08. The van der Waals surface area contributed by atoms with Gasteiger partial charge in [-0.25, -0.2) is 13.6 Å². The Bertz CT molecular complexity index is 674. The lowest BCUT2D eigenvalue weighted by Crippen LogP contribution is -2.07. The van der Waals surface area contributed by atoms with Crippen LogP contribution in [-0.2, 0) is 11.3 Å². The van der Waals surface area contributed by atoms with E-state index in [0.29, 0.717) is 5.75 Å². The first kappa shape index (κ1) is 14.8. The maximum Gasteiger partial charge on any atom is 0.338 e. The maximum absolute atomic E-state index is 13.7. The number of carbonyl (C=O) groups excluding carboxylic acids is 1. The second-order valence-electron chi connectivity index (χ2n) is 4.27. The normalized spacial score (nSPS) is 10.2. The Morgan fingerprint density at radius 1 is 1.14 bits per heavy atom. The van der Waals surface area contributed by atoms with Gasteiger partial charge in [-0.05, 0) is 30.3 Å². The summed E-state index contributed by atoms with van der Waals surface area (Å²) in [6, 6.07) is 7.76. The fourth-order valence-electron chi connectivity index (χ4n) is 1.65. The number of hydrogen-bond acceptors (Lipinski definition) is 4. The molecule has 0 aliphatic carbocycles. The van der Waals surface area contributed by atoms with Gasteiger partial charge in [0, 0.05) is 11.6 Å². The first-order valence-corrected chi connectivity index (χ1v) is 6.06. The Hall–Kier alpha value is -2.63. The van der Waals surface area contributed by atoms with Gasteiger partial charge in [0.15, 0.2) is 0 Å².